The van der Waals surface area contributed by atoms with Crippen LogP contribution >= 0.6 is 7.26 Å². The molecular weight excluding hydrogens is 356 g/mol. The van der Waals surface area contributed by atoms with Crippen molar-refractivity contribution < 1.29 is 4.39 Å². The summed E-state index contributed by atoms with van der Waals surface area (Å²) in [6.07, 6.45) is 2.75. The maximum Gasteiger partial charge on any atom is 0.101 e. The van der Waals surface area contributed by atoms with Crippen LogP contribution in [0.15, 0.2) is 91.0 Å². The lowest BCUT2D eigenvalue weighted by atomic mass is 9.65. The Morgan fingerprint density at radius 3 is 1.43 bits per heavy atom. The van der Waals surface area contributed by atoms with E-state index in [0.717, 1.165) is 0 Å². The van der Waals surface area contributed by atoms with Gasteiger partial charge in [-0.25, -0.2) is 0 Å². The monoisotopic (exact) mass is 384 g/mol. The fourth-order valence-electron chi connectivity index (χ4n) is 5.62. The number of hydrogen-bond donors (Lipinski definition) is 0. The van der Waals surface area contributed by atoms with Gasteiger partial charge in [0.15, 0.2) is 0 Å². The van der Waals surface area contributed by atoms with Crippen molar-refractivity contribution in [2.45, 2.75) is 31.4 Å². The fourth-order valence-corrected chi connectivity index (χ4v) is 10.9. The maximum absolute atomic E-state index is 2.73. The van der Waals surface area contributed by atoms with Gasteiger partial charge in [-0.15, -0.1) is 0 Å². The highest BCUT2D eigenvalue weighted by molar-refractivity contribution is 7.97. The number of rotatable bonds is 4. The summed E-state index contributed by atoms with van der Waals surface area (Å²) in [5, 5.41) is 4.53. The maximum atomic E-state index is 2.73. The Bertz CT molecular complexity index is 826. The zero-order valence-corrected chi connectivity index (χ0v) is 17.5. The van der Waals surface area contributed by atoms with Crippen molar-refractivity contribution in [2.75, 3.05) is 13.1 Å². The van der Waals surface area contributed by atoms with Crippen LogP contribution in [0.4, 0.5) is 0 Å². The highest BCUT2D eigenvalue weighted by atomic mass is 31.2. The van der Waals surface area contributed by atoms with E-state index in [-0.39, 0.29) is 0 Å². The zero-order chi connectivity index (χ0) is 19.0. The average Bonchev–Trinajstić information content (AvgIpc) is 3.28. The van der Waals surface area contributed by atoms with Crippen molar-refractivity contribution >= 4 is 30.6 Å². The third kappa shape index (κ3) is 2.62. The zero-order valence-electron chi connectivity index (χ0n) is 16.6. The highest BCUT2D eigenvalue weighted by Crippen LogP contribution is 2.64. The van der Waals surface area contributed by atoms with E-state index >= 15 is 0 Å². The largest absolute Gasteiger partial charge is 0.554 e. The Hall–Kier alpha value is -1.89. The van der Waals surface area contributed by atoms with Gasteiger partial charge in [0.25, 0.3) is 0 Å². The molecule has 2 heterocycles. The standard InChI is InChI=1S/C25H28BNP/c1-21-25(26-27(21)19-11-12-20-27)28(22-13-5-2-6-14-22,23-15-7-3-8-16-23)24-17-9-4-10-18-24/h2-10,13-18,21,25H,11-12,19-20H2,1H3/q+1/t21-,25-/m0/s1. The van der Waals surface area contributed by atoms with Crippen molar-refractivity contribution in [3.8, 4) is 0 Å². The van der Waals surface area contributed by atoms with Crippen LogP contribution in [0.1, 0.15) is 19.8 Å². The summed E-state index contributed by atoms with van der Waals surface area (Å²) in [5.74, 6) is 0. The molecule has 0 saturated carbocycles. The first-order valence-electron chi connectivity index (χ1n) is 10.6. The van der Waals surface area contributed by atoms with E-state index in [4.69, 9.17) is 0 Å². The lowest BCUT2D eigenvalue weighted by Crippen LogP contribution is -2.75. The third-order valence-electron chi connectivity index (χ3n) is 7.09. The van der Waals surface area contributed by atoms with Crippen LogP contribution in [-0.2, 0) is 0 Å². The van der Waals surface area contributed by atoms with Gasteiger partial charge in [0.1, 0.15) is 15.9 Å². The second kappa shape index (κ2) is 7.18. The van der Waals surface area contributed by atoms with Crippen LogP contribution in [0.3, 0.4) is 0 Å². The Morgan fingerprint density at radius 2 is 1.07 bits per heavy atom. The third-order valence-corrected chi connectivity index (χ3v) is 11.9. The van der Waals surface area contributed by atoms with Gasteiger partial charge in [-0.3, -0.25) is 0 Å². The van der Waals surface area contributed by atoms with Crippen LogP contribution in [0.2, 0.25) is 0 Å². The Morgan fingerprint density at radius 1 is 0.679 bits per heavy atom. The van der Waals surface area contributed by atoms with Crippen LogP contribution < -0.4 is 15.9 Å². The van der Waals surface area contributed by atoms with Crippen LogP contribution in [0.5, 0.6) is 0 Å². The average molecular weight is 384 g/mol. The van der Waals surface area contributed by atoms with Gasteiger partial charge in [0, 0.05) is 24.7 Å². The van der Waals surface area contributed by atoms with Crippen molar-refractivity contribution in [3.63, 3.8) is 0 Å². The van der Waals surface area contributed by atoms with E-state index in [0.29, 0.717) is 11.6 Å². The molecule has 0 aromatic heterocycles. The normalized spacial score (nSPS) is 23.5. The molecule has 0 bridgehead atoms. The second-order valence-electron chi connectivity index (χ2n) is 8.37. The molecule has 3 heteroatoms. The van der Waals surface area contributed by atoms with Crippen LogP contribution in [0, 0.1) is 0 Å². The van der Waals surface area contributed by atoms with Crippen LogP contribution in [0.25, 0.3) is 0 Å². The summed E-state index contributed by atoms with van der Waals surface area (Å²) in [4.78, 5) is 0. The second-order valence-corrected chi connectivity index (χ2v) is 12.0. The lowest BCUT2D eigenvalue weighted by Gasteiger charge is -2.68. The van der Waals surface area contributed by atoms with Gasteiger partial charge >= 0.3 is 0 Å². The molecular formula is C25H28BNP+. The van der Waals surface area contributed by atoms with Crippen molar-refractivity contribution in [1.29, 1.82) is 0 Å². The molecule has 2 aliphatic rings. The number of nitrogens with zero attached hydrogens (tertiary/aromatic N) is 1. The Labute approximate surface area is 170 Å². The van der Waals surface area contributed by atoms with Gasteiger partial charge in [-0.2, -0.15) is 0 Å². The van der Waals surface area contributed by atoms with E-state index in [2.05, 4.69) is 105 Å². The first-order chi connectivity index (χ1) is 13.8. The quantitative estimate of drug-likeness (QED) is 0.472. The molecule has 2 fully saturated rings. The Balaban J connectivity index is 1.74. The number of benzene rings is 3. The Kier molecular flexibility index (Phi) is 4.65. The molecule has 140 valence electrons. The van der Waals surface area contributed by atoms with Gasteiger partial charge in [0.05, 0.1) is 14.7 Å². The SMILES string of the molecule is C[C@H]1[C@H]([P+](c2ccccc2)(c2ccccc2)c2ccccc2)[B-][N+]12CCCC2. The molecule has 1 nitrogen and oxygen atoms in total. The summed E-state index contributed by atoms with van der Waals surface area (Å²) >= 11 is 0. The molecule has 5 rings (SSSR count). The summed E-state index contributed by atoms with van der Waals surface area (Å²) in [7, 11) is 0.971. The van der Waals surface area contributed by atoms with E-state index in [1.165, 1.54) is 46.2 Å². The summed E-state index contributed by atoms with van der Waals surface area (Å²) in [6, 6.07) is 34.7. The van der Waals surface area contributed by atoms with Crippen molar-refractivity contribution in [2.24, 2.45) is 0 Å². The van der Waals surface area contributed by atoms with E-state index < -0.39 is 7.26 Å². The van der Waals surface area contributed by atoms with Crippen molar-refractivity contribution in [1.82, 2.24) is 0 Å². The fraction of sp³-hybridized carbons (Fsp3) is 0.280. The molecule has 0 N–H and O–H groups in total. The minimum Gasteiger partial charge on any atom is -0.554 e. The minimum absolute atomic E-state index is 0.595. The topological polar surface area (TPSA) is 0 Å². The summed E-state index contributed by atoms with van der Waals surface area (Å²) in [5.41, 5.74) is 0.595. The predicted octanol–water partition coefficient (Wildman–Crippen LogP) is 3.94. The molecule has 2 atom stereocenters. The molecule has 28 heavy (non-hydrogen) atoms. The predicted molar refractivity (Wildman–Crippen MR) is 123 cm³/mol. The number of hydrogen-bond acceptors (Lipinski definition) is 0. The van der Waals surface area contributed by atoms with Gasteiger partial charge in [0.2, 0.25) is 0 Å². The van der Waals surface area contributed by atoms with Gasteiger partial charge in [-0.1, -0.05) is 54.6 Å². The molecule has 2 saturated heterocycles. The smallest absolute Gasteiger partial charge is 0.101 e. The van der Waals surface area contributed by atoms with Crippen LogP contribution in [-0.4, -0.2) is 36.5 Å². The highest BCUT2D eigenvalue weighted by Gasteiger charge is 2.59. The molecule has 0 amide bonds. The van der Waals surface area contributed by atoms with Gasteiger partial charge in [-0.05, 0) is 56.2 Å². The molecule has 3 aromatic rings. The lowest BCUT2D eigenvalue weighted by molar-refractivity contribution is -0.855. The number of quaternary nitrogens is 1. The molecule has 0 unspecified atom stereocenters. The van der Waals surface area contributed by atoms with Crippen molar-refractivity contribution in [3.05, 3.63) is 91.0 Å². The first-order valence-corrected chi connectivity index (χ1v) is 12.4. The molecule has 2 aliphatic heterocycles. The summed E-state index contributed by atoms with van der Waals surface area (Å²) < 4.78 is 1.24. The first kappa shape index (κ1) is 18.2. The molecule has 0 aliphatic carbocycles. The molecule has 1 spiro atoms. The minimum atomic E-state index is -1.76. The molecule has 3 aromatic carbocycles. The van der Waals surface area contributed by atoms with E-state index in [1.54, 1.807) is 0 Å². The van der Waals surface area contributed by atoms with E-state index in [9.17, 15) is 0 Å². The van der Waals surface area contributed by atoms with E-state index in [1.807, 2.05) is 0 Å². The van der Waals surface area contributed by atoms with Gasteiger partial charge < -0.3 is 4.39 Å². The summed E-state index contributed by atoms with van der Waals surface area (Å²) in [6.45, 7) is 5.17. The molecule has 2 radical (unpaired) electrons.